The van der Waals surface area contributed by atoms with Crippen LogP contribution in [0.1, 0.15) is 6.92 Å². The lowest BCUT2D eigenvalue weighted by Gasteiger charge is -2.24. The normalized spacial score (nSPS) is 11.6. The van der Waals surface area contributed by atoms with E-state index >= 15 is 0 Å². The minimum Gasteiger partial charge on any atom is -0.467 e. The lowest BCUT2D eigenvalue weighted by atomic mass is 10.2. The zero-order valence-electron chi connectivity index (χ0n) is 11.1. The third kappa shape index (κ3) is 4.24. The summed E-state index contributed by atoms with van der Waals surface area (Å²) in [6, 6.07) is 5.36. The average Bonchev–Trinajstić information content (AvgIpc) is 2.36. The number of halogens is 1. The number of amides is 1. The van der Waals surface area contributed by atoms with Crippen molar-refractivity contribution in [2.24, 2.45) is 0 Å². The van der Waals surface area contributed by atoms with Crippen molar-refractivity contribution >= 4 is 17.6 Å². The van der Waals surface area contributed by atoms with Crippen LogP contribution in [-0.4, -0.2) is 38.6 Å². The number of ether oxygens (including phenoxy) is 1. The summed E-state index contributed by atoms with van der Waals surface area (Å²) in [6.07, 6.45) is 0. The van der Waals surface area contributed by atoms with E-state index in [2.05, 4.69) is 10.1 Å². The Morgan fingerprint density at radius 3 is 2.58 bits per heavy atom. The van der Waals surface area contributed by atoms with E-state index in [1.807, 2.05) is 0 Å². The van der Waals surface area contributed by atoms with Crippen LogP contribution < -0.4 is 10.2 Å². The van der Waals surface area contributed by atoms with E-state index in [1.165, 1.54) is 20.1 Å². The van der Waals surface area contributed by atoms with Crippen molar-refractivity contribution in [3.63, 3.8) is 0 Å². The quantitative estimate of drug-likeness (QED) is 0.807. The zero-order valence-corrected chi connectivity index (χ0v) is 11.1. The van der Waals surface area contributed by atoms with Crippen LogP contribution in [0.4, 0.5) is 10.1 Å². The first-order valence-corrected chi connectivity index (χ1v) is 5.76. The summed E-state index contributed by atoms with van der Waals surface area (Å²) in [4.78, 5) is 24.1. The van der Waals surface area contributed by atoms with E-state index in [9.17, 15) is 14.0 Å². The molecule has 1 amide bonds. The molecule has 0 saturated heterocycles. The topological polar surface area (TPSA) is 58.6 Å². The number of carbonyl (C=O) groups is 2. The molecule has 19 heavy (non-hydrogen) atoms. The highest BCUT2D eigenvalue weighted by atomic mass is 19.1. The summed E-state index contributed by atoms with van der Waals surface area (Å²) in [7, 11) is 2.87. The third-order valence-corrected chi connectivity index (χ3v) is 2.58. The summed E-state index contributed by atoms with van der Waals surface area (Å²) in [6.45, 7) is 1.42. The summed E-state index contributed by atoms with van der Waals surface area (Å²) < 4.78 is 18.2. The molecule has 0 aliphatic carbocycles. The van der Waals surface area contributed by atoms with Crippen molar-refractivity contribution in [2.75, 3.05) is 25.6 Å². The Bertz CT molecular complexity index is 465. The van der Waals surface area contributed by atoms with Gasteiger partial charge in [-0.05, 0) is 12.1 Å². The zero-order chi connectivity index (χ0) is 14.4. The lowest BCUT2D eigenvalue weighted by Crippen LogP contribution is -2.47. The van der Waals surface area contributed by atoms with Crippen molar-refractivity contribution in [1.29, 1.82) is 0 Å². The van der Waals surface area contributed by atoms with Crippen LogP contribution >= 0.6 is 0 Å². The number of likely N-dealkylation sites (N-methyl/N-ethyl adjacent to an activating group) is 1. The Labute approximate surface area is 111 Å². The summed E-state index contributed by atoms with van der Waals surface area (Å²) in [5.41, 5.74) is 0.349. The number of carbonyl (C=O) groups excluding carboxylic acids is 2. The molecule has 0 saturated carbocycles. The number of nitrogens with one attached hydrogen (secondary N) is 1. The van der Waals surface area contributed by atoms with Crippen LogP contribution in [0.25, 0.3) is 0 Å². The van der Waals surface area contributed by atoms with Gasteiger partial charge in [-0.15, -0.1) is 0 Å². The van der Waals surface area contributed by atoms with E-state index in [0.717, 1.165) is 0 Å². The molecule has 0 spiro atoms. The first-order chi connectivity index (χ1) is 8.95. The van der Waals surface area contributed by atoms with Crippen LogP contribution in [0.15, 0.2) is 24.3 Å². The number of nitrogens with zero attached hydrogens (tertiary/aromatic N) is 1. The van der Waals surface area contributed by atoms with Gasteiger partial charge in [0.25, 0.3) is 0 Å². The molecular formula is C13H17FN2O3. The molecule has 104 valence electrons. The van der Waals surface area contributed by atoms with Gasteiger partial charge in [-0.3, -0.25) is 4.79 Å². The number of esters is 1. The molecule has 0 radical (unpaired) electrons. The van der Waals surface area contributed by atoms with Crippen LogP contribution in [0, 0.1) is 5.82 Å². The fourth-order valence-electron chi connectivity index (χ4n) is 1.70. The van der Waals surface area contributed by atoms with Crippen molar-refractivity contribution in [3.05, 3.63) is 30.1 Å². The van der Waals surface area contributed by atoms with Crippen LogP contribution in [-0.2, 0) is 14.3 Å². The Balaban J connectivity index is 2.81. The maximum atomic E-state index is 13.6. The van der Waals surface area contributed by atoms with Crippen molar-refractivity contribution in [3.8, 4) is 0 Å². The van der Waals surface area contributed by atoms with Crippen LogP contribution in [0.5, 0.6) is 0 Å². The summed E-state index contributed by atoms with van der Waals surface area (Å²) in [5.74, 6) is -1.31. The standard InChI is InChI=1S/C13H17FN2O3/c1-9(17)15-11(13(18)19-3)8-16(2)12-7-5-4-6-10(12)14/h4-7,11H,8H2,1-3H3,(H,15,17). The van der Waals surface area contributed by atoms with Gasteiger partial charge in [0, 0.05) is 20.5 Å². The molecule has 1 aromatic carbocycles. The molecule has 0 fully saturated rings. The predicted octanol–water partition coefficient (Wildman–Crippen LogP) is 0.940. The van der Waals surface area contributed by atoms with Crippen LogP contribution in [0.3, 0.4) is 0 Å². The van der Waals surface area contributed by atoms with Gasteiger partial charge < -0.3 is 15.0 Å². The van der Waals surface area contributed by atoms with Gasteiger partial charge in [-0.1, -0.05) is 12.1 Å². The Kier molecular flexibility index (Phi) is 5.29. The van der Waals surface area contributed by atoms with Gasteiger partial charge in [0.05, 0.1) is 12.8 Å². The molecule has 1 atom stereocenters. The van der Waals surface area contributed by atoms with E-state index in [1.54, 1.807) is 30.1 Å². The van der Waals surface area contributed by atoms with E-state index in [4.69, 9.17) is 0 Å². The Morgan fingerprint density at radius 2 is 2.05 bits per heavy atom. The monoisotopic (exact) mass is 268 g/mol. The number of hydrogen-bond donors (Lipinski definition) is 1. The van der Waals surface area contributed by atoms with Gasteiger partial charge in [0.2, 0.25) is 5.91 Å². The summed E-state index contributed by atoms with van der Waals surface area (Å²) in [5, 5.41) is 2.47. The minimum atomic E-state index is -0.841. The molecule has 1 rings (SSSR count). The van der Waals surface area contributed by atoms with Gasteiger partial charge in [-0.25, -0.2) is 9.18 Å². The largest absolute Gasteiger partial charge is 0.467 e. The van der Waals surface area contributed by atoms with Crippen molar-refractivity contribution in [1.82, 2.24) is 5.32 Å². The molecule has 0 heterocycles. The highest BCUT2D eigenvalue weighted by Crippen LogP contribution is 2.17. The van der Waals surface area contributed by atoms with Gasteiger partial charge in [-0.2, -0.15) is 0 Å². The first-order valence-electron chi connectivity index (χ1n) is 5.76. The second kappa shape index (κ2) is 6.72. The molecule has 1 N–H and O–H groups in total. The predicted molar refractivity (Wildman–Crippen MR) is 69.3 cm³/mol. The lowest BCUT2D eigenvalue weighted by molar-refractivity contribution is -0.144. The molecule has 0 bridgehead atoms. The van der Waals surface area contributed by atoms with E-state index in [-0.39, 0.29) is 12.5 Å². The number of methoxy groups -OCH3 is 1. The number of rotatable bonds is 5. The number of hydrogen-bond acceptors (Lipinski definition) is 4. The molecular weight excluding hydrogens is 251 g/mol. The number of benzene rings is 1. The second-order valence-corrected chi connectivity index (χ2v) is 4.11. The van der Waals surface area contributed by atoms with Crippen LogP contribution in [0.2, 0.25) is 0 Å². The van der Waals surface area contributed by atoms with E-state index in [0.29, 0.717) is 5.69 Å². The number of anilines is 1. The van der Waals surface area contributed by atoms with Gasteiger partial charge >= 0.3 is 5.97 Å². The number of para-hydroxylation sites is 1. The molecule has 0 aliphatic heterocycles. The van der Waals surface area contributed by atoms with Gasteiger partial charge in [0.1, 0.15) is 11.9 Å². The molecule has 5 nitrogen and oxygen atoms in total. The second-order valence-electron chi connectivity index (χ2n) is 4.11. The molecule has 1 unspecified atom stereocenters. The maximum Gasteiger partial charge on any atom is 0.330 e. The Hall–Kier alpha value is -2.11. The fourth-order valence-corrected chi connectivity index (χ4v) is 1.70. The Morgan fingerprint density at radius 1 is 1.42 bits per heavy atom. The smallest absolute Gasteiger partial charge is 0.330 e. The molecule has 0 aliphatic rings. The molecule has 6 heteroatoms. The van der Waals surface area contributed by atoms with Gasteiger partial charge in [0.15, 0.2) is 0 Å². The third-order valence-electron chi connectivity index (χ3n) is 2.58. The summed E-state index contributed by atoms with van der Waals surface area (Å²) >= 11 is 0. The fraction of sp³-hybridized carbons (Fsp3) is 0.385. The SMILES string of the molecule is COC(=O)C(CN(C)c1ccccc1F)NC(C)=O. The van der Waals surface area contributed by atoms with Crippen molar-refractivity contribution < 1.29 is 18.7 Å². The minimum absolute atomic E-state index is 0.118. The highest BCUT2D eigenvalue weighted by molar-refractivity contribution is 5.83. The molecule has 1 aromatic rings. The maximum absolute atomic E-state index is 13.6. The molecule has 0 aromatic heterocycles. The highest BCUT2D eigenvalue weighted by Gasteiger charge is 2.22. The first kappa shape index (κ1) is 14.9. The van der Waals surface area contributed by atoms with Crippen molar-refractivity contribution in [2.45, 2.75) is 13.0 Å². The average molecular weight is 268 g/mol. The van der Waals surface area contributed by atoms with E-state index < -0.39 is 17.8 Å².